The minimum absolute atomic E-state index is 0.0724. The van der Waals surface area contributed by atoms with Crippen LogP contribution in [-0.4, -0.2) is 5.91 Å². The average molecular weight is 341 g/mol. The van der Waals surface area contributed by atoms with Crippen LogP contribution in [-0.2, 0) is 11.2 Å². The number of amides is 1. The highest BCUT2D eigenvalue weighted by atomic mass is 79.9. The van der Waals surface area contributed by atoms with Crippen molar-refractivity contribution in [1.29, 1.82) is 0 Å². The largest absolute Gasteiger partial charge is 0.325 e. The number of alkyl halides is 1. The second-order valence-corrected chi connectivity index (χ2v) is 7.47. The molecule has 0 spiro atoms. The summed E-state index contributed by atoms with van der Waals surface area (Å²) in [7, 11) is 0. The molecule has 2 nitrogen and oxygen atoms in total. The minimum atomic E-state index is 0.0724. The Labute approximate surface area is 126 Å². The van der Waals surface area contributed by atoms with E-state index >= 15 is 0 Å². The fourth-order valence-electron chi connectivity index (χ4n) is 3.73. The Hall–Kier alpha value is -0.540. The van der Waals surface area contributed by atoms with Gasteiger partial charge in [0.15, 0.2) is 0 Å². The standard InChI is InChI=1S/C15H15BrClNO/c16-12-6-13-9(5-14(19)18-13)4-11(12)15(17)10-2-7-1-8(7)3-10/h4,6-8,10,15H,1-3,5H2,(H,18,19). The number of hydrogen-bond donors (Lipinski definition) is 1. The Balaban J connectivity index is 1.63. The van der Waals surface area contributed by atoms with Gasteiger partial charge in [-0.05, 0) is 54.2 Å². The number of nitrogens with one attached hydrogen (secondary N) is 1. The topological polar surface area (TPSA) is 29.1 Å². The van der Waals surface area contributed by atoms with Gasteiger partial charge in [-0.3, -0.25) is 4.79 Å². The van der Waals surface area contributed by atoms with Crippen molar-refractivity contribution < 1.29 is 4.79 Å². The highest BCUT2D eigenvalue weighted by Gasteiger charge is 2.48. The van der Waals surface area contributed by atoms with Crippen LogP contribution in [0.15, 0.2) is 16.6 Å². The first-order valence-corrected chi connectivity index (χ1v) is 8.11. The first-order valence-electron chi connectivity index (χ1n) is 6.88. The molecule has 0 aromatic heterocycles. The quantitative estimate of drug-likeness (QED) is 0.800. The lowest BCUT2D eigenvalue weighted by Gasteiger charge is -2.21. The number of anilines is 1. The van der Waals surface area contributed by atoms with E-state index in [1.54, 1.807) is 0 Å². The van der Waals surface area contributed by atoms with Gasteiger partial charge in [0.1, 0.15) is 0 Å². The first-order chi connectivity index (χ1) is 9.11. The lowest BCUT2D eigenvalue weighted by molar-refractivity contribution is -0.115. The maximum atomic E-state index is 11.4. The van der Waals surface area contributed by atoms with Crippen LogP contribution in [0.5, 0.6) is 0 Å². The van der Waals surface area contributed by atoms with E-state index < -0.39 is 0 Å². The number of hydrogen-bond acceptors (Lipinski definition) is 1. The molecule has 2 aliphatic carbocycles. The van der Waals surface area contributed by atoms with Gasteiger partial charge in [0.25, 0.3) is 0 Å². The maximum Gasteiger partial charge on any atom is 0.228 e. The van der Waals surface area contributed by atoms with Crippen LogP contribution < -0.4 is 5.32 Å². The summed E-state index contributed by atoms with van der Waals surface area (Å²) in [6.45, 7) is 0. The fraction of sp³-hybridized carbons (Fsp3) is 0.533. The van der Waals surface area contributed by atoms with Gasteiger partial charge < -0.3 is 5.32 Å². The molecule has 2 saturated carbocycles. The third-order valence-electron chi connectivity index (χ3n) is 4.84. The van der Waals surface area contributed by atoms with Crippen molar-refractivity contribution in [3.8, 4) is 0 Å². The number of carbonyl (C=O) groups excluding carboxylic acids is 1. The summed E-state index contributed by atoms with van der Waals surface area (Å²) in [6, 6.07) is 4.11. The molecular weight excluding hydrogens is 326 g/mol. The Morgan fingerprint density at radius 1 is 1.26 bits per heavy atom. The molecule has 1 aromatic carbocycles. The van der Waals surface area contributed by atoms with Crippen LogP contribution in [0.1, 0.15) is 35.8 Å². The summed E-state index contributed by atoms with van der Waals surface area (Å²) in [5.74, 6) is 2.57. The molecule has 3 atom stereocenters. The van der Waals surface area contributed by atoms with E-state index in [4.69, 9.17) is 11.6 Å². The highest BCUT2D eigenvalue weighted by molar-refractivity contribution is 9.10. The van der Waals surface area contributed by atoms with Crippen LogP contribution in [0, 0.1) is 17.8 Å². The smallest absolute Gasteiger partial charge is 0.228 e. The first kappa shape index (κ1) is 12.2. The predicted octanol–water partition coefficient (Wildman–Crippen LogP) is 4.27. The van der Waals surface area contributed by atoms with E-state index in [1.165, 1.54) is 19.3 Å². The van der Waals surface area contributed by atoms with Gasteiger partial charge in [-0.1, -0.05) is 22.0 Å². The van der Waals surface area contributed by atoms with Gasteiger partial charge in [0.05, 0.1) is 11.8 Å². The van der Waals surface area contributed by atoms with Crippen molar-refractivity contribution in [1.82, 2.24) is 0 Å². The van der Waals surface area contributed by atoms with Gasteiger partial charge in [-0.25, -0.2) is 0 Å². The van der Waals surface area contributed by atoms with Crippen LogP contribution in [0.2, 0.25) is 0 Å². The Kier molecular flexibility index (Phi) is 2.72. The van der Waals surface area contributed by atoms with E-state index in [1.807, 2.05) is 6.07 Å². The molecule has 2 fully saturated rings. The second kappa shape index (κ2) is 4.23. The molecule has 3 unspecified atom stereocenters. The summed E-state index contributed by atoms with van der Waals surface area (Å²) in [5.41, 5.74) is 3.17. The number of halogens is 2. The SMILES string of the molecule is O=C1Cc2cc(C(Cl)C3CC4CC4C3)c(Br)cc2N1. The molecule has 0 radical (unpaired) electrons. The van der Waals surface area contributed by atoms with Crippen molar-refractivity contribution in [2.75, 3.05) is 5.32 Å². The minimum Gasteiger partial charge on any atom is -0.325 e. The molecule has 19 heavy (non-hydrogen) atoms. The third-order valence-corrected chi connectivity index (χ3v) is 6.12. The zero-order valence-electron chi connectivity index (χ0n) is 10.5. The summed E-state index contributed by atoms with van der Waals surface area (Å²) >= 11 is 10.3. The average Bonchev–Trinajstić information content (AvgIpc) is 2.81. The van der Waals surface area contributed by atoms with Crippen molar-refractivity contribution in [3.63, 3.8) is 0 Å². The lowest BCUT2D eigenvalue weighted by Crippen LogP contribution is -2.07. The van der Waals surface area contributed by atoms with Gasteiger partial charge in [-0.2, -0.15) is 0 Å². The number of rotatable bonds is 2. The lowest BCUT2D eigenvalue weighted by atomic mass is 9.93. The van der Waals surface area contributed by atoms with Crippen LogP contribution in [0.4, 0.5) is 5.69 Å². The zero-order valence-corrected chi connectivity index (χ0v) is 12.8. The molecule has 4 rings (SSSR count). The molecular formula is C15H15BrClNO. The predicted molar refractivity (Wildman–Crippen MR) is 79.4 cm³/mol. The summed E-state index contributed by atoms with van der Waals surface area (Å²) < 4.78 is 1.02. The molecule has 4 heteroatoms. The van der Waals surface area contributed by atoms with E-state index in [9.17, 15) is 4.79 Å². The molecule has 1 amide bonds. The van der Waals surface area contributed by atoms with E-state index in [2.05, 4.69) is 27.3 Å². The highest BCUT2D eigenvalue weighted by Crippen LogP contribution is 2.58. The Morgan fingerprint density at radius 3 is 2.74 bits per heavy atom. The molecule has 1 aromatic rings. The fourth-order valence-corrected chi connectivity index (χ4v) is 4.84. The molecule has 3 aliphatic rings. The van der Waals surface area contributed by atoms with Crippen molar-refractivity contribution >= 4 is 39.1 Å². The van der Waals surface area contributed by atoms with Crippen LogP contribution in [0.3, 0.4) is 0 Å². The Morgan fingerprint density at radius 2 is 2.00 bits per heavy atom. The molecule has 0 saturated heterocycles. The normalized spacial score (nSPS) is 32.7. The molecule has 1 N–H and O–H groups in total. The van der Waals surface area contributed by atoms with Crippen LogP contribution in [0.25, 0.3) is 0 Å². The van der Waals surface area contributed by atoms with Gasteiger partial charge in [0, 0.05) is 10.2 Å². The van der Waals surface area contributed by atoms with Crippen LogP contribution >= 0.6 is 27.5 Å². The van der Waals surface area contributed by atoms with E-state index in [-0.39, 0.29) is 11.3 Å². The molecule has 100 valence electrons. The third kappa shape index (κ3) is 2.02. The molecule has 1 heterocycles. The number of carbonyl (C=O) groups is 1. The van der Waals surface area contributed by atoms with Crippen molar-refractivity contribution in [2.24, 2.45) is 17.8 Å². The van der Waals surface area contributed by atoms with E-state index in [0.29, 0.717) is 12.3 Å². The van der Waals surface area contributed by atoms with Gasteiger partial charge in [-0.15, -0.1) is 11.6 Å². The number of benzene rings is 1. The van der Waals surface area contributed by atoms with Gasteiger partial charge >= 0.3 is 0 Å². The maximum absolute atomic E-state index is 11.4. The number of fused-ring (bicyclic) bond motifs is 2. The summed E-state index contributed by atoms with van der Waals surface area (Å²) in [5, 5.41) is 2.95. The second-order valence-electron chi connectivity index (χ2n) is 6.14. The monoisotopic (exact) mass is 339 g/mol. The van der Waals surface area contributed by atoms with Crippen molar-refractivity contribution in [3.05, 3.63) is 27.7 Å². The summed E-state index contributed by atoms with van der Waals surface area (Å²) in [4.78, 5) is 11.4. The van der Waals surface area contributed by atoms with E-state index in [0.717, 1.165) is 33.1 Å². The Bertz CT molecular complexity index is 564. The molecule has 0 bridgehead atoms. The zero-order chi connectivity index (χ0) is 13.1. The van der Waals surface area contributed by atoms with Gasteiger partial charge in [0.2, 0.25) is 5.91 Å². The molecule has 1 aliphatic heterocycles. The van der Waals surface area contributed by atoms with Crippen molar-refractivity contribution in [2.45, 2.75) is 31.1 Å². The summed E-state index contributed by atoms with van der Waals surface area (Å²) in [6.07, 6.45) is 4.46.